The van der Waals surface area contributed by atoms with Crippen molar-refractivity contribution >= 4 is 29.2 Å². The molecule has 1 aliphatic heterocycles. The summed E-state index contributed by atoms with van der Waals surface area (Å²) in [4.78, 5) is 34.4. The van der Waals surface area contributed by atoms with Crippen molar-refractivity contribution in [2.45, 2.75) is 0 Å². The molecular formula is C20H12N4O3. The number of hydrogen-bond donors (Lipinski definition) is 2. The zero-order valence-electron chi connectivity index (χ0n) is 13.9. The van der Waals surface area contributed by atoms with Gasteiger partial charge in [0.15, 0.2) is 5.69 Å². The molecule has 2 heterocycles. The van der Waals surface area contributed by atoms with Gasteiger partial charge in [0.05, 0.1) is 12.3 Å². The standard InChI is InChI=1S/C20H12N4O3/c1-21-13-5-4-6-14(10-13)24-19(26)16(18(25)23-20(24)27)9-12-11-22-17-8-3-2-7-15(12)17/h2-11,26H,(H,23,25,27). The number of aromatic nitrogens is 2. The van der Waals surface area contributed by atoms with Gasteiger partial charge in [-0.3, -0.25) is 14.8 Å². The van der Waals surface area contributed by atoms with Crippen LogP contribution in [0.5, 0.6) is 5.88 Å². The third kappa shape index (κ3) is 2.75. The second-order valence-corrected chi connectivity index (χ2v) is 5.84. The highest BCUT2D eigenvalue weighted by Gasteiger charge is 2.17. The fourth-order valence-corrected chi connectivity index (χ4v) is 2.92. The summed E-state index contributed by atoms with van der Waals surface area (Å²) in [6.45, 7) is 7.10. The first kappa shape index (κ1) is 16.3. The second kappa shape index (κ2) is 6.28. The van der Waals surface area contributed by atoms with Gasteiger partial charge in [0.25, 0.3) is 5.56 Å². The highest BCUT2D eigenvalue weighted by atomic mass is 16.3. The van der Waals surface area contributed by atoms with E-state index in [2.05, 4.69) is 14.8 Å². The van der Waals surface area contributed by atoms with E-state index in [0.29, 0.717) is 11.3 Å². The van der Waals surface area contributed by atoms with Gasteiger partial charge in [0, 0.05) is 23.0 Å². The molecule has 4 rings (SSSR count). The van der Waals surface area contributed by atoms with Crippen LogP contribution in [-0.4, -0.2) is 20.9 Å². The van der Waals surface area contributed by atoms with Crippen molar-refractivity contribution < 1.29 is 5.11 Å². The van der Waals surface area contributed by atoms with Gasteiger partial charge < -0.3 is 5.11 Å². The van der Waals surface area contributed by atoms with Gasteiger partial charge in [-0.1, -0.05) is 30.3 Å². The predicted octanol–water partition coefficient (Wildman–Crippen LogP) is 3.04. The highest BCUT2D eigenvalue weighted by molar-refractivity contribution is 6.21. The highest BCUT2D eigenvalue weighted by Crippen LogP contribution is 2.32. The van der Waals surface area contributed by atoms with Crippen LogP contribution in [0.4, 0.5) is 11.4 Å². The second-order valence-electron chi connectivity index (χ2n) is 5.84. The van der Waals surface area contributed by atoms with Crippen LogP contribution in [0.1, 0.15) is 11.1 Å². The Morgan fingerprint density at radius 2 is 1.96 bits per heavy atom. The first-order valence-corrected chi connectivity index (χ1v) is 8.00. The lowest BCUT2D eigenvalue weighted by Gasteiger charge is -2.10. The minimum absolute atomic E-state index is 0.0685. The minimum atomic E-state index is -0.790. The molecule has 1 aliphatic rings. The molecule has 7 heteroatoms. The molecule has 7 nitrogen and oxygen atoms in total. The van der Waals surface area contributed by atoms with Crippen LogP contribution < -0.4 is 11.2 Å². The van der Waals surface area contributed by atoms with Crippen molar-refractivity contribution in [2.24, 2.45) is 4.99 Å². The molecule has 27 heavy (non-hydrogen) atoms. The first-order chi connectivity index (χ1) is 13.1. The Morgan fingerprint density at radius 3 is 2.78 bits per heavy atom. The smallest absolute Gasteiger partial charge is 0.335 e. The molecule has 0 spiro atoms. The van der Waals surface area contributed by atoms with Gasteiger partial charge in [-0.05, 0) is 24.3 Å². The van der Waals surface area contributed by atoms with Crippen molar-refractivity contribution in [3.63, 3.8) is 0 Å². The third-order valence-corrected chi connectivity index (χ3v) is 4.20. The number of aromatic amines is 1. The molecule has 0 saturated heterocycles. The van der Waals surface area contributed by atoms with Crippen LogP contribution in [0.25, 0.3) is 22.2 Å². The predicted molar refractivity (Wildman–Crippen MR) is 103 cm³/mol. The van der Waals surface area contributed by atoms with Crippen molar-refractivity contribution in [3.05, 3.63) is 91.9 Å². The van der Waals surface area contributed by atoms with Crippen molar-refractivity contribution in [2.75, 3.05) is 0 Å². The van der Waals surface area contributed by atoms with Gasteiger partial charge >= 0.3 is 5.69 Å². The number of nitrogens with zero attached hydrogens (tertiary/aromatic N) is 3. The number of allylic oxidation sites excluding steroid dienone is 1. The zero-order valence-corrected chi connectivity index (χ0v) is 13.9. The normalized spacial score (nSPS) is 13.5. The number of aromatic hydroxyl groups is 1. The maximum atomic E-state index is 12.3. The number of para-hydroxylation sites is 1. The summed E-state index contributed by atoms with van der Waals surface area (Å²) < 4.78 is 0.959. The van der Waals surface area contributed by atoms with E-state index in [0.717, 1.165) is 15.8 Å². The molecule has 2 aromatic carbocycles. The molecule has 0 unspecified atom stereocenters. The summed E-state index contributed by atoms with van der Waals surface area (Å²) >= 11 is 0. The molecule has 130 valence electrons. The molecule has 0 aliphatic carbocycles. The maximum absolute atomic E-state index is 12.3. The van der Waals surface area contributed by atoms with Gasteiger partial charge in [-0.2, -0.15) is 0 Å². The summed E-state index contributed by atoms with van der Waals surface area (Å²) in [6.07, 6.45) is 3.08. The monoisotopic (exact) mass is 356 g/mol. The molecule has 3 aromatic rings. The van der Waals surface area contributed by atoms with E-state index in [4.69, 9.17) is 6.57 Å². The van der Waals surface area contributed by atoms with E-state index < -0.39 is 17.1 Å². The van der Waals surface area contributed by atoms with Crippen molar-refractivity contribution in [1.29, 1.82) is 0 Å². The fraction of sp³-hybridized carbons (Fsp3) is 0. The lowest BCUT2D eigenvalue weighted by molar-refractivity contribution is 0.429. The minimum Gasteiger partial charge on any atom is -0.494 e. The Kier molecular flexibility index (Phi) is 3.79. The molecule has 0 fully saturated rings. The van der Waals surface area contributed by atoms with Gasteiger partial charge in [0.1, 0.15) is 5.56 Å². The molecule has 0 amide bonds. The Bertz CT molecular complexity index is 1290. The summed E-state index contributed by atoms with van der Waals surface area (Å²) in [5.41, 5.74) is 1.25. The Labute approximate surface area is 153 Å². The number of hydrogen-bond acceptors (Lipinski definition) is 4. The third-order valence-electron chi connectivity index (χ3n) is 4.20. The van der Waals surface area contributed by atoms with Crippen LogP contribution >= 0.6 is 0 Å². The number of H-pyrrole nitrogens is 1. The molecule has 0 bridgehead atoms. The number of rotatable bonds is 2. The van der Waals surface area contributed by atoms with Crippen LogP contribution in [0, 0.1) is 6.57 Å². The van der Waals surface area contributed by atoms with Crippen LogP contribution in [0.2, 0.25) is 0 Å². The molecular weight excluding hydrogens is 344 g/mol. The Hall–Kier alpha value is -4.18. The molecule has 2 N–H and O–H groups in total. The van der Waals surface area contributed by atoms with Gasteiger partial charge in [-0.15, -0.1) is 0 Å². The van der Waals surface area contributed by atoms with E-state index in [-0.39, 0.29) is 11.3 Å². The van der Waals surface area contributed by atoms with Crippen LogP contribution in [-0.2, 0) is 0 Å². The number of aliphatic imine (C=N–C) groups is 1. The van der Waals surface area contributed by atoms with E-state index in [1.807, 2.05) is 24.3 Å². The van der Waals surface area contributed by atoms with Gasteiger partial charge in [0.2, 0.25) is 5.88 Å². The van der Waals surface area contributed by atoms with E-state index in [9.17, 15) is 14.7 Å². The fourth-order valence-electron chi connectivity index (χ4n) is 2.92. The van der Waals surface area contributed by atoms with E-state index in [1.54, 1.807) is 24.4 Å². The average Bonchev–Trinajstić information content (AvgIpc) is 3.08. The molecule has 0 saturated carbocycles. The van der Waals surface area contributed by atoms with Crippen molar-refractivity contribution in [1.82, 2.24) is 9.55 Å². The summed E-state index contributed by atoms with van der Waals surface area (Å²) in [6, 6.07) is 13.6. The molecule has 1 aromatic heterocycles. The van der Waals surface area contributed by atoms with Crippen LogP contribution in [0.3, 0.4) is 0 Å². The molecule has 0 atom stereocenters. The largest absolute Gasteiger partial charge is 0.494 e. The summed E-state index contributed by atoms with van der Waals surface area (Å²) in [7, 11) is 0. The Morgan fingerprint density at radius 1 is 1.15 bits per heavy atom. The summed E-state index contributed by atoms with van der Waals surface area (Å²) in [5.74, 6) is -0.504. The lowest BCUT2D eigenvalue weighted by Crippen LogP contribution is -2.30. The first-order valence-electron chi connectivity index (χ1n) is 8.00. The number of benzene rings is 2. The molecule has 0 radical (unpaired) electrons. The lowest BCUT2D eigenvalue weighted by atomic mass is 10.1. The van der Waals surface area contributed by atoms with Crippen LogP contribution in [0.15, 0.2) is 63.1 Å². The topological polar surface area (TPSA) is 91.8 Å². The Balaban J connectivity index is 1.93. The number of fused-ring (bicyclic) bond motifs is 1. The maximum Gasteiger partial charge on any atom is 0.335 e. The van der Waals surface area contributed by atoms with Gasteiger partial charge in [-0.25, -0.2) is 14.2 Å². The van der Waals surface area contributed by atoms with E-state index in [1.165, 1.54) is 12.1 Å². The SMILES string of the molecule is [C-]#[N+]c1cccc(-n2c(O)c(C=C3C=Nc4ccccc43)c(=O)[nH]c2=O)c1. The van der Waals surface area contributed by atoms with E-state index >= 15 is 0 Å². The zero-order chi connectivity index (χ0) is 19.0. The van der Waals surface area contributed by atoms with Crippen molar-refractivity contribution in [3.8, 4) is 11.6 Å². The quantitative estimate of drug-likeness (QED) is 0.691. The number of nitrogens with one attached hydrogen (secondary N) is 1. The summed E-state index contributed by atoms with van der Waals surface area (Å²) in [5, 5.41) is 10.7. The average molecular weight is 356 g/mol.